The lowest BCUT2D eigenvalue weighted by molar-refractivity contribution is -0.123. The van der Waals surface area contributed by atoms with Crippen molar-refractivity contribution in [3.05, 3.63) is 18.2 Å². The average molecular weight is 319 g/mol. The Balaban J connectivity index is 1.75. The number of amides is 3. The molecule has 0 spiro atoms. The summed E-state index contributed by atoms with van der Waals surface area (Å²) in [6.07, 6.45) is 1.68. The topological polar surface area (TPSA) is 79.9 Å². The number of likely N-dealkylation sites (tertiary alicyclic amines) is 1. The van der Waals surface area contributed by atoms with Crippen LogP contribution in [0.1, 0.15) is 12.8 Å². The molecular formula is C16H21N3O4. The van der Waals surface area contributed by atoms with Gasteiger partial charge in [0.1, 0.15) is 11.5 Å². The van der Waals surface area contributed by atoms with Crippen molar-refractivity contribution >= 4 is 17.6 Å². The van der Waals surface area contributed by atoms with Gasteiger partial charge in [0, 0.05) is 37.0 Å². The molecule has 2 N–H and O–H groups in total. The van der Waals surface area contributed by atoms with Gasteiger partial charge in [0.25, 0.3) is 0 Å². The van der Waals surface area contributed by atoms with Crippen LogP contribution in [0.15, 0.2) is 18.2 Å². The van der Waals surface area contributed by atoms with Gasteiger partial charge in [0.05, 0.1) is 26.2 Å². The third-order valence-electron chi connectivity index (χ3n) is 4.46. The number of hydrogen-bond donors (Lipinski definition) is 2. The van der Waals surface area contributed by atoms with Crippen LogP contribution >= 0.6 is 0 Å². The third kappa shape index (κ3) is 3.04. The summed E-state index contributed by atoms with van der Waals surface area (Å²) < 4.78 is 10.4. The number of nitrogens with one attached hydrogen (secondary N) is 2. The second-order valence-corrected chi connectivity index (χ2v) is 5.79. The fourth-order valence-electron chi connectivity index (χ4n) is 3.28. The fraction of sp³-hybridized carbons (Fsp3) is 0.500. The van der Waals surface area contributed by atoms with E-state index in [9.17, 15) is 9.59 Å². The molecule has 2 heterocycles. The van der Waals surface area contributed by atoms with Crippen LogP contribution in [0.2, 0.25) is 0 Å². The molecule has 23 heavy (non-hydrogen) atoms. The molecule has 7 heteroatoms. The van der Waals surface area contributed by atoms with E-state index in [1.165, 1.54) is 0 Å². The molecule has 0 unspecified atom stereocenters. The first-order valence-corrected chi connectivity index (χ1v) is 7.71. The fourth-order valence-corrected chi connectivity index (χ4v) is 3.28. The highest BCUT2D eigenvalue weighted by molar-refractivity contribution is 5.91. The van der Waals surface area contributed by atoms with Crippen LogP contribution in [0, 0.1) is 5.92 Å². The van der Waals surface area contributed by atoms with E-state index < -0.39 is 0 Å². The molecule has 0 aromatic heterocycles. The van der Waals surface area contributed by atoms with Gasteiger partial charge < -0.3 is 25.0 Å². The number of carbonyl (C=O) groups is 2. The van der Waals surface area contributed by atoms with Crippen LogP contribution in [0.4, 0.5) is 10.5 Å². The lowest BCUT2D eigenvalue weighted by Gasteiger charge is -2.35. The molecule has 2 saturated heterocycles. The number of fused-ring (bicyclic) bond motifs is 1. The van der Waals surface area contributed by atoms with Crippen molar-refractivity contribution in [2.75, 3.05) is 32.6 Å². The Kier molecular flexibility index (Phi) is 4.27. The Morgan fingerprint density at radius 3 is 2.61 bits per heavy atom. The summed E-state index contributed by atoms with van der Waals surface area (Å²) in [4.78, 5) is 26.2. The molecule has 2 fully saturated rings. The van der Waals surface area contributed by atoms with Gasteiger partial charge >= 0.3 is 6.03 Å². The van der Waals surface area contributed by atoms with Gasteiger partial charge in [-0.25, -0.2) is 4.79 Å². The van der Waals surface area contributed by atoms with E-state index in [-0.39, 0.29) is 23.9 Å². The van der Waals surface area contributed by atoms with Gasteiger partial charge in [-0.1, -0.05) is 0 Å². The second-order valence-electron chi connectivity index (χ2n) is 5.79. The Hall–Kier alpha value is -2.44. The van der Waals surface area contributed by atoms with Crippen molar-refractivity contribution in [1.29, 1.82) is 0 Å². The SMILES string of the molecule is COc1cc(NC(=O)N2CCC[C@@H]3C(=O)NC[C@H]32)cc(OC)c1. The van der Waals surface area contributed by atoms with Gasteiger partial charge in [-0.2, -0.15) is 0 Å². The molecule has 1 aromatic rings. The first kappa shape index (κ1) is 15.5. The molecule has 1 aromatic carbocycles. The van der Waals surface area contributed by atoms with Gasteiger partial charge in [-0.15, -0.1) is 0 Å². The summed E-state index contributed by atoms with van der Waals surface area (Å²) in [7, 11) is 3.12. The first-order chi connectivity index (χ1) is 11.1. The number of methoxy groups -OCH3 is 2. The Labute approximate surface area is 134 Å². The number of ether oxygens (including phenoxy) is 2. The van der Waals surface area contributed by atoms with Crippen LogP contribution in [0.3, 0.4) is 0 Å². The molecule has 7 nitrogen and oxygen atoms in total. The van der Waals surface area contributed by atoms with E-state index in [0.717, 1.165) is 12.8 Å². The summed E-state index contributed by atoms with van der Waals surface area (Å²) in [5.74, 6) is 1.17. The highest BCUT2D eigenvalue weighted by atomic mass is 16.5. The number of carbonyl (C=O) groups excluding carboxylic acids is 2. The average Bonchev–Trinajstić information content (AvgIpc) is 2.95. The third-order valence-corrected chi connectivity index (χ3v) is 4.46. The number of rotatable bonds is 3. The zero-order chi connectivity index (χ0) is 16.4. The standard InChI is InChI=1S/C16H21N3O4/c1-22-11-6-10(7-12(8-11)23-2)18-16(21)19-5-3-4-13-14(19)9-17-15(13)20/h6-8,13-14H,3-5,9H2,1-2H3,(H,17,20)(H,18,21)/t13-,14+/m0/s1. The number of hydrogen-bond acceptors (Lipinski definition) is 4. The molecule has 3 rings (SSSR count). The molecule has 0 radical (unpaired) electrons. The summed E-state index contributed by atoms with van der Waals surface area (Å²) in [6, 6.07) is 4.95. The monoisotopic (exact) mass is 319 g/mol. The quantitative estimate of drug-likeness (QED) is 0.883. The van der Waals surface area contributed by atoms with E-state index in [1.807, 2.05) is 0 Å². The van der Waals surface area contributed by atoms with Crippen molar-refractivity contribution < 1.29 is 19.1 Å². The van der Waals surface area contributed by atoms with Crippen LogP contribution in [-0.4, -0.2) is 50.2 Å². The van der Waals surface area contributed by atoms with E-state index in [4.69, 9.17) is 9.47 Å². The maximum Gasteiger partial charge on any atom is 0.322 e. The van der Waals surface area contributed by atoms with Crippen molar-refractivity contribution in [2.24, 2.45) is 5.92 Å². The normalized spacial score (nSPS) is 23.0. The van der Waals surface area contributed by atoms with E-state index in [2.05, 4.69) is 10.6 Å². The Bertz CT molecular complexity index is 597. The Morgan fingerprint density at radius 2 is 1.96 bits per heavy atom. The van der Waals surface area contributed by atoms with Crippen molar-refractivity contribution in [2.45, 2.75) is 18.9 Å². The molecule has 0 bridgehead atoms. The predicted molar refractivity (Wildman–Crippen MR) is 84.8 cm³/mol. The lowest BCUT2D eigenvalue weighted by Crippen LogP contribution is -2.50. The molecule has 124 valence electrons. The molecule has 2 aliphatic heterocycles. The number of piperidine rings is 1. The molecule has 0 aliphatic carbocycles. The summed E-state index contributed by atoms with van der Waals surface area (Å²) in [5, 5.41) is 5.72. The summed E-state index contributed by atoms with van der Waals surface area (Å²) in [6.45, 7) is 1.18. The van der Waals surface area contributed by atoms with Crippen LogP contribution in [0.5, 0.6) is 11.5 Å². The first-order valence-electron chi connectivity index (χ1n) is 7.71. The van der Waals surface area contributed by atoms with Crippen LogP contribution in [-0.2, 0) is 4.79 Å². The van der Waals surface area contributed by atoms with Crippen molar-refractivity contribution in [1.82, 2.24) is 10.2 Å². The molecule has 2 aliphatic rings. The minimum atomic E-state index is -0.202. The Morgan fingerprint density at radius 1 is 1.26 bits per heavy atom. The summed E-state index contributed by atoms with van der Waals surface area (Å²) >= 11 is 0. The molecule has 2 atom stereocenters. The molecular weight excluding hydrogens is 298 g/mol. The van der Waals surface area contributed by atoms with E-state index in [0.29, 0.717) is 30.3 Å². The minimum Gasteiger partial charge on any atom is -0.497 e. The van der Waals surface area contributed by atoms with Gasteiger partial charge in [-0.3, -0.25) is 4.79 Å². The van der Waals surface area contributed by atoms with Crippen molar-refractivity contribution in [3.8, 4) is 11.5 Å². The summed E-state index contributed by atoms with van der Waals surface area (Å²) in [5.41, 5.74) is 0.602. The predicted octanol–water partition coefficient (Wildman–Crippen LogP) is 1.45. The number of benzene rings is 1. The number of nitrogens with zero attached hydrogens (tertiary/aromatic N) is 1. The highest BCUT2D eigenvalue weighted by Gasteiger charge is 2.42. The van der Waals surface area contributed by atoms with E-state index in [1.54, 1.807) is 37.3 Å². The van der Waals surface area contributed by atoms with Crippen LogP contribution < -0.4 is 20.1 Å². The smallest absolute Gasteiger partial charge is 0.322 e. The largest absolute Gasteiger partial charge is 0.497 e. The van der Waals surface area contributed by atoms with Crippen molar-refractivity contribution in [3.63, 3.8) is 0 Å². The zero-order valence-corrected chi connectivity index (χ0v) is 13.3. The van der Waals surface area contributed by atoms with Crippen LogP contribution in [0.25, 0.3) is 0 Å². The van der Waals surface area contributed by atoms with Gasteiger partial charge in [-0.05, 0) is 12.8 Å². The molecule has 0 saturated carbocycles. The van der Waals surface area contributed by atoms with Gasteiger partial charge in [0.15, 0.2) is 0 Å². The second kappa shape index (κ2) is 6.36. The maximum atomic E-state index is 12.6. The van der Waals surface area contributed by atoms with E-state index >= 15 is 0 Å². The molecule has 3 amide bonds. The number of anilines is 1. The van der Waals surface area contributed by atoms with Gasteiger partial charge in [0.2, 0.25) is 5.91 Å². The zero-order valence-electron chi connectivity index (χ0n) is 13.3. The minimum absolute atomic E-state index is 0.0514. The number of urea groups is 1. The highest BCUT2D eigenvalue weighted by Crippen LogP contribution is 2.29. The lowest BCUT2D eigenvalue weighted by atomic mass is 9.92. The maximum absolute atomic E-state index is 12.6.